The van der Waals surface area contributed by atoms with Gasteiger partial charge in [-0.25, -0.2) is 4.98 Å². The van der Waals surface area contributed by atoms with E-state index in [1.54, 1.807) is 7.11 Å². The fraction of sp³-hybridized carbons (Fsp3) is 0.400. The van der Waals surface area contributed by atoms with Crippen LogP contribution in [-0.2, 0) is 12.8 Å². The molecule has 7 nitrogen and oxygen atoms in total. The van der Waals surface area contributed by atoms with Crippen molar-refractivity contribution in [3.05, 3.63) is 47.8 Å². The van der Waals surface area contributed by atoms with Crippen molar-refractivity contribution in [2.75, 3.05) is 26.7 Å². The lowest BCUT2D eigenvalue weighted by molar-refractivity contribution is 0.335. The average Bonchev–Trinajstić information content (AvgIpc) is 3.62. The van der Waals surface area contributed by atoms with E-state index in [1.807, 2.05) is 12.3 Å². The number of benzene rings is 1. The number of likely N-dealkylation sites (N-methyl/N-ethyl adjacent to an activating group) is 1. The van der Waals surface area contributed by atoms with Crippen LogP contribution in [0.25, 0.3) is 33.5 Å². The zero-order valence-corrected chi connectivity index (χ0v) is 18.6. The maximum Gasteiger partial charge on any atom is 0.147 e. The smallest absolute Gasteiger partial charge is 0.147 e. The number of nitrogens with zero attached hydrogens (tertiary/aromatic N) is 5. The minimum atomic E-state index is 0.421. The predicted molar refractivity (Wildman–Crippen MR) is 125 cm³/mol. The van der Waals surface area contributed by atoms with E-state index in [9.17, 15) is 0 Å². The van der Waals surface area contributed by atoms with Crippen molar-refractivity contribution in [1.29, 1.82) is 0 Å². The summed E-state index contributed by atoms with van der Waals surface area (Å²) in [5.74, 6) is 0.773. The van der Waals surface area contributed by atoms with Gasteiger partial charge in [-0.15, -0.1) is 0 Å². The molecule has 1 unspecified atom stereocenters. The summed E-state index contributed by atoms with van der Waals surface area (Å²) < 4.78 is 7.84. The molecule has 32 heavy (non-hydrogen) atoms. The highest BCUT2D eigenvalue weighted by atomic mass is 16.5. The zero-order valence-electron chi connectivity index (χ0n) is 18.6. The molecule has 1 aliphatic carbocycles. The van der Waals surface area contributed by atoms with Crippen molar-refractivity contribution < 1.29 is 4.74 Å². The third kappa shape index (κ3) is 3.11. The van der Waals surface area contributed by atoms with Gasteiger partial charge in [-0.2, -0.15) is 10.2 Å². The number of fused-ring (bicyclic) bond motifs is 2. The number of rotatable bonds is 5. The zero-order chi connectivity index (χ0) is 21.7. The van der Waals surface area contributed by atoms with Gasteiger partial charge in [0, 0.05) is 36.5 Å². The summed E-state index contributed by atoms with van der Waals surface area (Å²) in [6, 6.07) is 8.97. The highest BCUT2D eigenvalue weighted by Gasteiger charge is 2.25. The molecule has 4 aromatic rings. The molecule has 3 aromatic heterocycles. The quantitative estimate of drug-likeness (QED) is 0.514. The lowest BCUT2D eigenvalue weighted by Crippen LogP contribution is -2.21. The SMILES string of the molecule is CCN1CCC(n2cc(-c3n[nH]c4cc(OC)c(-c5cccc6c5CCC6)nc34)cn2)C1. The van der Waals surface area contributed by atoms with E-state index in [0.29, 0.717) is 6.04 Å². The number of aromatic nitrogens is 5. The molecule has 0 saturated carbocycles. The second kappa shape index (κ2) is 7.74. The van der Waals surface area contributed by atoms with Gasteiger partial charge in [0.15, 0.2) is 0 Å². The molecule has 0 amide bonds. The van der Waals surface area contributed by atoms with E-state index >= 15 is 0 Å². The summed E-state index contributed by atoms with van der Waals surface area (Å²) in [4.78, 5) is 7.56. The Morgan fingerprint density at radius 1 is 1.22 bits per heavy atom. The Labute approximate surface area is 187 Å². The van der Waals surface area contributed by atoms with E-state index in [2.05, 4.69) is 56.2 Å². The number of nitrogens with one attached hydrogen (secondary N) is 1. The average molecular weight is 429 g/mol. The van der Waals surface area contributed by atoms with Gasteiger partial charge in [0.25, 0.3) is 0 Å². The summed E-state index contributed by atoms with van der Waals surface area (Å²) in [6.07, 6.45) is 8.59. The van der Waals surface area contributed by atoms with Crippen LogP contribution in [0.3, 0.4) is 0 Å². The Hall–Kier alpha value is -3.19. The van der Waals surface area contributed by atoms with Crippen molar-refractivity contribution in [2.24, 2.45) is 0 Å². The molecule has 4 heterocycles. The van der Waals surface area contributed by atoms with Crippen molar-refractivity contribution >= 4 is 11.0 Å². The standard InChI is InChI=1S/C25H28N6O/c1-3-30-11-10-18(15-30)31-14-17(13-26-31)23-25-21(28-29-23)12-22(32-2)24(27-25)20-9-5-7-16-6-4-8-19(16)20/h5,7,9,12-14,18H,3-4,6,8,10-11,15H2,1-2H3,(H,28,29). The second-order valence-corrected chi connectivity index (χ2v) is 8.85. The molecule has 1 fully saturated rings. The minimum absolute atomic E-state index is 0.421. The van der Waals surface area contributed by atoms with Crippen LogP contribution in [0.2, 0.25) is 0 Å². The Morgan fingerprint density at radius 3 is 3.00 bits per heavy atom. The molecule has 0 radical (unpaired) electrons. The van der Waals surface area contributed by atoms with Gasteiger partial charge in [0.2, 0.25) is 0 Å². The van der Waals surface area contributed by atoms with Gasteiger partial charge < -0.3 is 9.64 Å². The van der Waals surface area contributed by atoms with Crippen LogP contribution in [0.1, 0.15) is 36.9 Å². The van der Waals surface area contributed by atoms with E-state index in [0.717, 1.165) is 72.6 Å². The van der Waals surface area contributed by atoms with Gasteiger partial charge >= 0.3 is 0 Å². The van der Waals surface area contributed by atoms with Crippen molar-refractivity contribution in [1.82, 2.24) is 29.9 Å². The molecular weight excluding hydrogens is 400 g/mol. The van der Waals surface area contributed by atoms with Crippen LogP contribution in [0.15, 0.2) is 36.7 Å². The van der Waals surface area contributed by atoms with E-state index in [1.165, 1.54) is 23.1 Å². The third-order valence-electron chi connectivity index (χ3n) is 7.06. The number of hydrogen-bond acceptors (Lipinski definition) is 5. The fourth-order valence-corrected chi connectivity index (χ4v) is 5.30. The van der Waals surface area contributed by atoms with E-state index in [4.69, 9.17) is 9.72 Å². The van der Waals surface area contributed by atoms with Crippen LogP contribution in [0, 0.1) is 0 Å². The molecule has 1 atom stereocenters. The van der Waals surface area contributed by atoms with Crippen LogP contribution in [-0.4, -0.2) is 56.6 Å². The number of aromatic amines is 1. The number of ether oxygens (including phenoxy) is 1. The highest BCUT2D eigenvalue weighted by Crippen LogP contribution is 2.38. The summed E-state index contributed by atoms with van der Waals surface area (Å²) >= 11 is 0. The Kier molecular flexibility index (Phi) is 4.72. The number of H-pyrrole nitrogens is 1. The second-order valence-electron chi connectivity index (χ2n) is 8.85. The molecule has 1 saturated heterocycles. The van der Waals surface area contributed by atoms with Gasteiger partial charge in [0.1, 0.15) is 22.7 Å². The van der Waals surface area contributed by atoms with Gasteiger partial charge in [-0.3, -0.25) is 9.78 Å². The Morgan fingerprint density at radius 2 is 2.16 bits per heavy atom. The van der Waals surface area contributed by atoms with Crippen molar-refractivity contribution in [2.45, 2.75) is 38.6 Å². The summed E-state index contributed by atoms with van der Waals surface area (Å²) in [6.45, 7) is 5.49. The molecular formula is C25H28N6O. The molecule has 0 bridgehead atoms. The maximum atomic E-state index is 5.74. The van der Waals surface area contributed by atoms with E-state index in [-0.39, 0.29) is 0 Å². The Balaban J connectivity index is 1.43. The first-order chi connectivity index (χ1) is 15.7. The first kappa shape index (κ1) is 19.5. The molecule has 164 valence electrons. The van der Waals surface area contributed by atoms with Crippen LogP contribution < -0.4 is 4.74 Å². The minimum Gasteiger partial charge on any atom is -0.494 e. The van der Waals surface area contributed by atoms with Crippen LogP contribution >= 0.6 is 0 Å². The van der Waals surface area contributed by atoms with Gasteiger partial charge in [-0.1, -0.05) is 25.1 Å². The molecule has 0 spiro atoms. The van der Waals surface area contributed by atoms with Crippen molar-refractivity contribution in [3.63, 3.8) is 0 Å². The Bertz CT molecular complexity index is 1290. The third-order valence-corrected chi connectivity index (χ3v) is 7.06. The number of hydrogen-bond donors (Lipinski definition) is 1. The summed E-state index contributed by atoms with van der Waals surface area (Å²) in [7, 11) is 1.71. The normalized spacial score (nSPS) is 18.5. The molecule has 1 N–H and O–H groups in total. The number of aryl methyl sites for hydroxylation is 1. The highest BCUT2D eigenvalue weighted by molar-refractivity contribution is 5.92. The van der Waals surface area contributed by atoms with Gasteiger partial charge in [-0.05, 0) is 43.4 Å². The van der Waals surface area contributed by atoms with Gasteiger partial charge in [0.05, 0.1) is 24.9 Å². The first-order valence-corrected chi connectivity index (χ1v) is 11.6. The molecule has 2 aliphatic rings. The monoisotopic (exact) mass is 428 g/mol. The molecule has 1 aromatic carbocycles. The predicted octanol–water partition coefficient (Wildman–Crippen LogP) is 4.25. The lowest BCUT2D eigenvalue weighted by Gasteiger charge is -2.13. The number of likely N-dealkylation sites (tertiary alicyclic amines) is 1. The topological polar surface area (TPSA) is 71.9 Å². The molecule has 1 aliphatic heterocycles. The molecule has 6 rings (SSSR count). The maximum absolute atomic E-state index is 5.74. The van der Waals surface area contributed by atoms with Crippen LogP contribution in [0.5, 0.6) is 5.75 Å². The summed E-state index contributed by atoms with van der Waals surface area (Å²) in [5, 5.41) is 12.4. The van der Waals surface area contributed by atoms with E-state index < -0.39 is 0 Å². The molecule has 7 heteroatoms. The summed E-state index contributed by atoms with van der Waals surface area (Å²) in [5.41, 5.74) is 8.46. The number of methoxy groups -OCH3 is 1. The van der Waals surface area contributed by atoms with Crippen molar-refractivity contribution in [3.8, 4) is 28.3 Å². The lowest BCUT2D eigenvalue weighted by atomic mass is 9.99. The first-order valence-electron chi connectivity index (χ1n) is 11.6. The number of pyridine rings is 1. The van der Waals surface area contributed by atoms with Crippen LogP contribution in [0.4, 0.5) is 0 Å². The fourth-order valence-electron chi connectivity index (χ4n) is 5.30. The largest absolute Gasteiger partial charge is 0.494 e.